The zero-order valence-corrected chi connectivity index (χ0v) is 38.9. The van der Waals surface area contributed by atoms with Gasteiger partial charge in [-0.2, -0.15) is 0 Å². The minimum Gasteiger partial charge on any atom is -0.457 e. The first-order chi connectivity index (χ1) is 29.9. The van der Waals surface area contributed by atoms with Gasteiger partial charge in [0.15, 0.2) is 6.29 Å². The highest BCUT2D eigenvalue weighted by molar-refractivity contribution is 5.69. The molecule has 61 heavy (non-hydrogen) atoms. The number of hydrogen-bond donors (Lipinski definition) is 4. The third kappa shape index (κ3) is 34.0. The topological polar surface area (TPSA) is 135 Å². The van der Waals surface area contributed by atoms with Crippen molar-refractivity contribution in [3.05, 3.63) is 60.8 Å². The van der Waals surface area contributed by atoms with Gasteiger partial charge in [-0.1, -0.05) is 171 Å². The van der Waals surface area contributed by atoms with Crippen LogP contribution in [-0.4, -0.2) is 89.6 Å². The lowest BCUT2D eigenvalue weighted by Gasteiger charge is -2.39. The quantitative estimate of drug-likeness (QED) is 0.0269. The van der Waals surface area contributed by atoms with Crippen molar-refractivity contribution < 1.29 is 44.2 Å². The summed E-state index contributed by atoms with van der Waals surface area (Å²) >= 11 is 0. The van der Waals surface area contributed by atoms with E-state index < -0.39 is 43.4 Å². The highest BCUT2D eigenvalue weighted by Crippen LogP contribution is 2.22. The first-order valence-corrected chi connectivity index (χ1v) is 24.9. The minimum atomic E-state index is -1.54. The normalized spacial score (nSPS) is 20.4. The fraction of sp³-hybridized carbons (Fsp3) is 0.788. The summed E-state index contributed by atoms with van der Waals surface area (Å²) in [6.07, 6.45) is 48.1. The van der Waals surface area contributed by atoms with E-state index in [1.54, 1.807) is 0 Å². The van der Waals surface area contributed by atoms with Gasteiger partial charge >= 0.3 is 5.97 Å². The maximum Gasteiger partial charge on any atom is 0.306 e. The molecular formula is C52H92O9. The Hall–Kier alpha value is -2.11. The van der Waals surface area contributed by atoms with Crippen molar-refractivity contribution in [2.75, 3.05) is 26.4 Å². The van der Waals surface area contributed by atoms with Gasteiger partial charge in [0.05, 0.1) is 19.8 Å². The standard InChI is InChI=1S/C52H92O9/c1-3-5-7-9-11-13-15-17-19-21-23-24-26-28-30-32-34-36-38-40-42-58-44-46(45-59-52-51(57)50(56)49(55)47(43-53)61-52)60-48(54)41-39-37-35-33-31-29-27-25-22-20-18-16-14-12-10-8-6-4-2/h11,13-14,16-17,19-20,22-24,46-47,49-53,55-57H,3-10,12,15,18,21,25-45H2,1-2H3/b13-11-,16-14-,19-17-,22-20-,24-23-. The van der Waals surface area contributed by atoms with Crippen LogP contribution in [0, 0.1) is 0 Å². The van der Waals surface area contributed by atoms with Crippen LogP contribution in [0.2, 0.25) is 0 Å². The minimum absolute atomic E-state index is 0.123. The maximum atomic E-state index is 12.8. The van der Waals surface area contributed by atoms with E-state index in [4.69, 9.17) is 18.9 Å². The molecule has 1 heterocycles. The second-order valence-electron chi connectivity index (χ2n) is 16.9. The van der Waals surface area contributed by atoms with Crippen molar-refractivity contribution in [3.63, 3.8) is 0 Å². The van der Waals surface area contributed by atoms with Gasteiger partial charge in [0, 0.05) is 13.0 Å². The number of aliphatic hydroxyl groups excluding tert-OH is 4. The predicted molar refractivity (Wildman–Crippen MR) is 251 cm³/mol. The highest BCUT2D eigenvalue weighted by Gasteiger charge is 2.44. The van der Waals surface area contributed by atoms with Gasteiger partial charge in [-0.25, -0.2) is 0 Å². The molecule has 1 fully saturated rings. The van der Waals surface area contributed by atoms with Crippen LogP contribution in [0.25, 0.3) is 0 Å². The van der Waals surface area contributed by atoms with Crippen LogP contribution >= 0.6 is 0 Å². The van der Waals surface area contributed by atoms with E-state index in [1.165, 1.54) is 103 Å². The Morgan fingerprint density at radius 2 is 0.951 bits per heavy atom. The van der Waals surface area contributed by atoms with Gasteiger partial charge in [-0.3, -0.25) is 4.79 Å². The molecule has 0 spiro atoms. The number of rotatable bonds is 42. The number of carbonyl (C=O) groups is 1. The Morgan fingerprint density at radius 1 is 0.525 bits per heavy atom. The largest absolute Gasteiger partial charge is 0.457 e. The molecule has 0 amide bonds. The third-order valence-electron chi connectivity index (χ3n) is 11.2. The van der Waals surface area contributed by atoms with Crippen LogP contribution in [0.3, 0.4) is 0 Å². The number of esters is 1. The summed E-state index contributed by atoms with van der Waals surface area (Å²) in [4.78, 5) is 12.8. The van der Waals surface area contributed by atoms with Crippen molar-refractivity contribution in [1.29, 1.82) is 0 Å². The Bertz CT molecular complexity index is 1120. The van der Waals surface area contributed by atoms with Crippen LogP contribution < -0.4 is 0 Å². The smallest absolute Gasteiger partial charge is 0.306 e. The molecule has 1 aliphatic rings. The Labute approximate surface area is 373 Å². The van der Waals surface area contributed by atoms with Crippen molar-refractivity contribution in [1.82, 2.24) is 0 Å². The second kappa shape index (κ2) is 43.2. The van der Waals surface area contributed by atoms with Crippen molar-refractivity contribution in [3.8, 4) is 0 Å². The fourth-order valence-corrected chi connectivity index (χ4v) is 7.23. The lowest BCUT2D eigenvalue weighted by atomic mass is 9.99. The monoisotopic (exact) mass is 861 g/mol. The molecule has 0 saturated carbocycles. The third-order valence-corrected chi connectivity index (χ3v) is 11.2. The second-order valence-corrected chi connectivity index (χ2v) is 16.9. The van der Waals surface area contributed by atoms with Crippen LogP contribution in [0.1, 0.15) is 200 Å². The zero-order valence-electron chi connectivity index (χ0n) is 38.9. The highest BCUT2D eigenvalue weighted by atomic mass is 16.7. The van der Waals surface area contributed by atoms with E-state index >= 15 is 0 Å². The summed E-state index contributed by atoms with van der Waals surface area (Å²) in [6, 6.07) is 0. The number of ether oxygens (including phenoxy) is 4. The summed E-state index contributed by atoms with van der Waals surface area (Å²) in [7, 11) is 0. The van der Waals surface area contributed by atoms with E-state index in [9.17, 15) is 25.2 Å². The number of allylic oxidation sites excluding steroid dienone is 10. The molecule has 0 aromatic carbocycles. The summed E-state index contributed by atoms with van der Waals surface area (Å²) < 4.78 is 22.9. The molecule has 354 valence electrons. The number of hydrogen-bond acceptors (Lipinski definition) is 9. The van der Waals surface area contributed by atoms with E-state index in [-0.39, 0.29) is 19.2 Å². The molecule has 0 aromatic heterocycles. The summed E-state index contributed by atoms with van der Waals surface area (Å²) in [5.41, 5.74) is 0. The molecule has 0 aromatic rings. The van der Waals surface area contributed by atoms with Crippen molar-refractivity contribution in [2.24, 2.45) is 0 Å². The van der Waals surface area contributed by atoms with Crippen LogP contribution in [0.4, 0.5) is 0 Å². The lowest BCUT2D eigenvalue weighted by Crippen LogP contribution is -2.59. The molecule has 6 unspecified atom stereocenters. The van der Waals surface area contributed by atoms with Gasteiger partial charge in [-0.15, -0.1) is 0 Å². The maximum absolute atomic E-state index is 12.8. The first kappa shape index (κ1) is 56.9. The lowest BCUT2D eigenvalue weighted by molar-refractivity contribution is -0.305. The van der Waals surface area contributed by atoms with Crippen molar-refractivity contribution >= 4 is 5.97 Å². The van der Waals surface area contributed by atoms with E-state index in [2.05, 4.69) is 74.6 Å². The van der Waals surface area contributed by atoms with Crippen LogP contribution in [0.15, 0.2) is 60.8 Å². The van der Waals surface area contributed by atoms with Gasteiger partial charge in [0.1, 0.15) is 30.5 Å². The first-order valence-electron chi connectivity index (χ1n) is 24.9. The number of unbranched alkanes of at least 4 members (excludes halogenated alkanes) is 21. The van der Waals surface area contributed by atoms with E-state index in [0.717, 1.165) is 77.0 Å². The van der Waals surface area contributed by atoms with Crippen LogP contribution in [-0.2, 0) is 23.7 Å². The molecule has 0 aliphatic carbocycles. The Morgan fingerprint density at radius 3 is 1.46 bits per heavy atom. The molecule has 1 saturated heterocycles. The SMILES string of the molecule is CCCCC/C=C\C/C=C\C/C=C\CCCCCCCCCOCC(COC1OC(CO)C(O)C(O)C1O)OC(=O)CCCCCCCCC/C=C\C/C=C\CCCCCC. The van der Waals surface area contributed by atoms with E-state index in [0.29, 0.717) is 13.0 Å². The van der Waals surface area contributed by atoms with Gasteiger partial charge < -0.3 is 39.4 Å². The molecule has 1 rings (SSSR count). The summed E-state index contributed by atoms with van der Waals surface area (Å²) in [5, 5.41) is 40.2. The van der Waals surface area contributed by atoms with Gasteiger partial charge in [0.25, 0.3) is 0 Å². The molecule has 9 nitrogen and oxygen atoms in total. The molecule has 0 bridgehead atoms. The summed E-state index contributed by atoms with van der Waals surface area (Å²) in [6.45, 7) is 4.49. The van der Waals surface area contributed by atoms with Gasteiger partial charge in [0.2, 0.25) is 0 Å². The zero-order chi connectivity index (χ0) is 44.3. The Kier molecular flexibility index (Phi) is 40.3. The predicted octanol–water partition coefficient (Wildman–Crippen LogP) is 11.9. The number of aliphatic hydroxyl groups is 4. The average Bonchev–Trinajstić information content (AvgIpc) is 3.26. The van der Waals surface area contributed by atoms with Crippen molar-refractivity contribution in [2.45, 2.75) is 237 Å². The Balaban J connectivity index is 2.24. The molecule has 6 atom stereocenters. The molecular weight excluding hydrogens is 769 g/mol. The molecule has 0 radical (unpaired) electrons. The van der Waals surface area contributed by atoms with Crippen LogP contribution in [0.5, 0.6) is 0 Å². The van der Waals surface area contributed by atoms with E-state index in [1.807, 2.05) is 0 Å². The average molecular weight is 861 g/mol. The number of carbonyl (C=O) groups excluding carboxylic acids is 1. The molecule has 9 heteroatoms. The summed E-state index contributed by atoms with van der Waals surface area (Å²) in [5.74, 6) is -0.326. The fourth-order valence-electron chi connectivity index (χ4n) is 7.23. The molecule has 4 N–H and O–H groups in total. The molecule has 1 aliphatic heterocycles. The van der Waals surface area contributed by atoms with Gasteiger partial charge in [-0.05, 0) is 83.5 Å².